The lowest BCUT2D eigenvalue weighted by Crippen LogP contribution is -2.38. The van der Waals surface area contributed by atoms with Crippen LogP contribution in [0.4, 0.5) is 0 Å². The van der Waals surface area contributed by atoms with Gasteiger partial charge in [0.05, 0.1) is 0 Å². The van der Waals surface area contributed by atoms with Gasteiger partial charge in [0.25, 0.3) is 0 Å². The fourth-order valence-electron chi connectivity index (χ4n) is 3.43. The van der Waals surface area contributed by atoms with Crippen LogP contribution in [0.25, 0.3) is 6.08 Å². The highest BCUT2D eigenvalue weighted by Crippen LogP contribution is 2.44. The standard InChI is InChI=1S/C18H20O9/c1-18(2)26-15-13-12(25-17(15)27-18)14(16(22)24-13)23-11(21)6-4-8-3-5-9(19)10(20)7-8/h3-7,12-17,19-20,22H,1-2H3. The van der Waals surface area contributed by atoms with Crippen LogP contribution in [0.2, 0.25) is 0 Å². The first-order valence-electron chi connectivity index (χ1n) is 8.49. The van der Waals surface area contributed by atoms with Gasteiger partial charge in [0.15, 0.2) is 36.0 Å². The number of phenols is 2. The van der Waals surface area contributed by atoms with Crippen molar-refractivity contribution in [2.75, 3.05) is 0 Å². The zero-order chi connectivity index (χ0) is 19.3. The lowest BCUT2D eigenvalue weighted by Gasteiger charge is -2.22. The average molecular weight is 380 g/mol. The third-order valence-corrected chi connectivity index (χ3v) is 4.59. The summed E-state index contributed by atoms with van der Waals surface area (Å²) in [4.78, 5) is 12.1. The molecule has 3 heterocycles. The van der Waals surface area contributed by atoms with Crippen molar-refractivity contribution in [2.45, 2.75) is 56.6 Å². The van der Waals surface area contributed by atoms with Crippen LogP contribution in [0.5, 0.6) is 11.5 Å². The van der Waals surface area contributed by atoms with Crippen molar-refractivity contribution in [1.29, 1.82) is 0 Å². The maximum Gasteiger partial charge on any atom is 0.331 e. The summed E-state index contributed by atoms with van der Waals surface area (Å²) in [6.07, 6.45) is -2.32. The van der Waals surface area contributed by atoms with E-state index in [4.69, 9.17) is 23.7 Å². The van der Waals surface area contributed by atoms with Crippen LogP contribution in [0, 0.1) is 0 Å². The van der Waals surface area contributed by atoms with Gasteiger partial charge >= 0.3 is 5.97 Å². The lowest BCUT2D eigenvalue weighted by molar-refractivity contribution is -0.217. The SMILES string of the molecule is CC1(C)OC2OC3C(OC(=O)C=Cc4ccc(O)c(O)c4)C(O)OC3C2O1. The third kappa shape index (κ3) is 3.40. The quantitative estimate of drug-likeness (QED) is 0.393. The molecule has 3 N–H and O–H groups in total. The molecule has 9 nitrogen and oxygen atoms in total. The molecule has 0 bridgehead atoms. The van der Waals surface area contributed by atoms with Gasteiger partial charge in [-0.05, 0) is 37.6 Å². The van der Waals surface area contributed by atoms with E-state index in [0.717, 1.165) is 6.08 Å². The van der Waals surface area contributed by atoms with Gasteiger partial charge in [-0.3, -0.25) is 0 Å². The topological polar surface area (TPSA) is 124 Å². The summed E-state index contributed by atoms with van der Waals surface area (Å²) in [6.45, 7) is 3.50. The highest BCUT2D eigenvalue weighted by Gasteiger charge is 2.63. The molecule has 3 aliphatic heterocycles. The predicted molar refractivity (Wildman–Crippen MR) is 88.3 cm³/mol. The van der Waals surface area contributed by atoms with Crippen molar-refractivity contribution in [1.82, 2.24) is 0 Å². The maximum atomic E-state index is 12.1. The molecule has 6 atom stereocenters. The van der Waals surface area contributed by atoms with Crippen molar-refractivity contribution in [3.63, 3.8) is 0 Å². The molecule has 146 valence electrons. The highest BCUT2D eigenvalue weighted by atomic mass is 16.9. The molecule has 0 radical (unpaired) electrons. The zero-order valence-electron chi connectivity index (χ0n) is 14.6. The Morgan fingerprint density at radius 2 is 1.89 bits per heavy atom. The number of aliphatic hydroxyl groups is 1. The molecule has 0 saturated carbocycles. The van der Waals surface area contributed by atoms with E-state index in [-0.39, 0.29) is 11.5 Å². The molecular weight excluding hydrogens is 360 g/mol. The van der Waals surface area contributed by atoms with Gasteiger partial charge in [-0.25, -0.2) is 4.79 Å². The fraction of sp³-hybridized carbons (Fsp3) is 0.500. The summed E-state index contributed by atoms with van der Waals surface area (Å²) in [6, 6.07) is 4.10. The van der Waals surface area contributed by atoms with E-state index >= 15 is 0 Å². The van der Waals surface area contributed by atoms with E-state index in [0.29, 0.717) is 5.56 Å². The molecular formula is C18H20O9. The number of hydrogen-bond donors (Lipinski definition) is 3. The number of ether oxygens (including phenoxy) is 5. The van der Waals surface area contributed by atoms with E-state index in [2.05, 4.69) is 0 Å². The lowest BCUT2D eigenvalue weighted by atomic mass is 10.1. The molecule has 0 aromatic heterocycles. The molecule has 0 amide bonds. The number of benzene rings is 1. The Labute approximate surface area is 154 Å². The summed E-state index contributed by atoms with van der Waals surface area (Å²) in [5.41, 5.74) is 0.485. The van der Waals surface area contributed by atoms with Crippen LogP contribution in [0.3, 0.4) is 0 Å². The molecule has 1 aromatic rings. The second kappa shape index (κ2) is 6.47. The van der Waals surface area contributed by atoms with Gasteiger partial charge in [0.2, 0.25) is 0 Å². The molecule has 4 rings (SSSR count). The first-order valence-corrected chi connectivity index (χ1v) is 8.49. The van der Waals surface area contributed by atoms with Crippen molar-refractivity contribution >= 4 is 12.0 Å². The molecule has 27 heavy (non-hydrogen) atoms. The van der Waals surface area contributed by atoms with E-state index in [1.807, 2.05) is 0 Å². The van der Waals surface area contributed by atoms with E-state index < -0.39 is 48.8 Å². The van der Waals surface area contributed by atoms with Crippen LogP contribution < -0.4 is 0 Å². The minimum absolute atomic E-state index is 0.261. The smallest absolute Gasteiger partial charge is 0.331 e. The highest BCUT2D eigenvalue weighted by molar-refractivity contribution is 5.87. The number of carbonyl (C=O) groups is 1. The Bertz CT molecular complexity index is 774. The number of rotatable bonds is 3. The molecule has 3 aliphatic rings. The monoisotopic (exact) mass is 380 g/mol. The maximum absolute atomic E-state index is 12.1. The molecule has 9 heteroatoms. The van der Waals surface area contributed by atoms with E-state index in [1.54, 1.807) is 13.8 Å². The first kappa shape index (κ1) is 18.2. The number of hydrogen-bond acceptors (Lipinski definition) is 9. The fourth-order valence-corrected chi connectivity index (χ4v) is 3.43. The number of aromatic hydroxyl groups is 2. The Hall–Kier alpha value is -2.17. The van der Waals surface area contributed by atoms with Crippen LogP contribution in [-0.4, -0.2) is 64.1 Å². The number of phenolic OH excluding ortho intramolecular Hbond substituents is 2. The molecule has 0 aliphatic carbocycles. The molecule has 3 saturated heterocycles. The van der Waals surface area contributed by atoms with Crippen molar-refractivity contribution in [2.24, 2.45) is 0 Å². The van der Waals surface area contributed by atoms with Crippen molar-refractivity contribution in [3.05, 3.63) is 29.8 Å². The van der Waals surface area contributed by atoms with Gasteiger partial charge < -0.3 is 39.0 Å². The van der Waals surface area contributed by atoms with Crippen LogP contribution >= 0.6 is 0 Å². The van der Waals surface area contributed by atoms with Gasteiger partial charge in [0.1, 0.15) is 18.3 Å². The first-order chi connectivity index (χ1) is 12.7. The van der Waals surface area contributed by atoms with Gasteiger partial charge in [-0.15, -0.1) is 0 Å². The number of esters is 1. The summed E-state index contributed by atoms with van der Waals surface area (Å²) in [7, 11) is 0. The summed E-state index contributed by atoms with van der Waals surface area (Å²) < 4.78 is 27.8. The van der Waals surface area contributed by atoms with Crippen LogP contribution in [-0.2, 0) is 28.5 Å². The second-order valence-corrected chi connectivity index (χ2v) is 7.04. The van der Waals surface area contributed by atoms with E-state index in [1.165, 1.54) is 24.3 Å². The summed E-state index contributed by atoms with van der Waals surface area (Å²) in [5.74, 6) is -2.11. The average Bonchev–Trinajstić information content (AvgIpc) is 3.16. The Balaban J connectivity index is 1.40. The number of aliphatic hydroxyl groups excluding tert-OH is 1. The minimum atomic E-state index is -1.34. The third-order valence-electron chi connectivity index (χ3n) is 4.59. The molecule has 6 unspecified atom stereocenters. The van der Waals surface area contributed by atoms with Crippen molar-refractivity contribution < 1.29 is 43.8 Å². The zero-order valence-corrected chi connectivity index (χ0v) is 14.6. The van der Waals surface area contributed by atoms with Gasteiger partial charge in [-0.2, -0.15) is 0 Å². The van der Waals surface area contributed by atoms with Crippen LogP contribution in [0.15, 0.2) is 24.3 Å². The largest absolute Gasteiger partial charge is 0.504 e. The molecule has 0 spiro atoms. The summed E-state index contributed by atoms with van der Waals surface area (Å²) >= 11 is 0. The summed E-state index contributed by atoms with van der Waals surface area (Å²) in [5, 5.41) is 28.8. The Kier molecular flexibility index (Phi) is 4.36. The van der Waals surface area contributed by atoms with E-state index in [9.17, 15) is 20.1 Å². The Morgan fingerprint density at radius 1 is 1.11 bits per heavy atom. The predicted octanol–water partition coefficient (Wildman–Crippen LogP) is 0.616. The minimum Gasteiger partial charge on any atom is -0.504 e. The second-order valence-electron chi connectivity index (χ2n) is 7.04. The molecule has 1 aromatic carbocycles. The Morgan fingerprint density at radius 3 is 2.63 bits per heavy atom. The van der Waals surface area contributed by atoms with Gasteiger partial charge in [-0.1, -0.05) is 6.07 Å². The number of carbonyl (C=O) groups excluding carboxylic acids is 1. The molecule has 3 fully saturated rings. The van der Waals surface area contributed by atoms with Crippen molar-refractivity contribution in [3.8, 4) is 11.5 Å². The van der Waals surface area contributed by atoms with Crippen LogP contribution in [0.1, 0.15) is 19.4 Å². The van der Waals surface area contributed by atoms with Gasteiger partial charge in [0, 0.05) is 6.08 Å². The number of fused-ring (bicyclic) bond motifs is 3. The normalized spacial score (nSPS) is 36.7.